The van der Waals surface area contributed by atoms with Crippen LogP contribution >= 0.6 is 10.0 Å². The Hall–Kier alpha value is -2.81. The van der Waals surface area contributed by atoms with E-state index in [0.717, 1.165) is 13.0 Å². The highest BCUT2D eigenvalue weighted by Gasteiger charge is 2.48. The number of rotatable bonds is 10. The standard InChI is InChI=1S/C40H48OS/c1-29-28-37-31(30-18-9-8-10-19-30)24-17-25-36(37)38(29)42(5,27-16-7-6-15-26-41-40(2,3)4)39-34-22-13-11-20-32(34)33-21-12-14-23-35(33)39/h8-14,17-25,29,38-39H,6-7,15-16,26-28H2,1-5H3. The Kier molecular flexibility index (Phi) is 8.40. The molecule has 0 heterocycles. The molecule has 4 aromatic carbocycles. The summed E-state index contributed by atoms with van der Waals surface area (Å²) in [7, 11) is -1.13. The summed E-state index contributed by atoms with van der Waals surface area (Å²) >= 11 is 0. The van der Waals surface area contributed by atoms with Crippen molar-refractivity contribution in [1.29, 1.82) is 0 Å². The van der Waals surface area contributed by atoms with Crippen LogP contribution in [0.5, 0.6) is 0 Å². The molecule has 4 aromatic rings. The average molecular weight is 577 g/mol. The van der Waals surface area contributed by atoms with Crippen LogP contribution in [0.1, 0.15) is 86.1 Å². The monoisotopic (exact) mass is 576 g/mol. The van der Waals surface area contributed by atoms with Crippen molar-refractivity contribution in [3.05, 3.63) is 119 Å². The van der Waals surface area contributed by atoms with Crippen molar-refractivity contribution in [2.75, 3.05) is 18.6 Å². The first kappa shape index (κ1) is 29.3. The summed E-state index contributed by atoms with van der Waals surface area (Å²) in [5.41, 5.74) is 12.0. The van der Waals surface area contributed by atoms with E-state index in [1.807, 2.05) is 0 Å². The fourth-order valence-electron chi connectivity index (χ4n) is 7.87. The van der Waals surface area contributed by atoms with E-state index >= 15 is 0 Å². The summed E-state index contributed by atoms with van der Waals surface area (Å²) in [5, 5.41) is 1.07. The normalized spacial score (nSPS) is 20.0. The second kappa shape index (κ2) is 12.1. The van der Waals surface area contributed by atoms with E-state index in [-0.39, 0.29) is 5.60 Å². The van der Waals surface area contributed by atoms with Crippen molar-refractivity contribution < 1.29 is 4.74 Å². The Morgan fingerprint density at radius 2 is 1.24 bits per heavy atom. The molecule has 0 saturated carbocycles. The highest BCUT2D eigenvalue weighted by Crippen LogP contribution is 2.76. The van der Waals surface area contributed by atoms with E-state index in [4.69, 9.17) is 4.74 Å². The molecule has 42 heavy (non-hydrogen) atoms. The van der Waals surface area contributed by atoms with Gasteiger partial charge >= 0.3 is 0 Å². The topological polar surface area (TPSA) is 9.23 Å². The molecule has 0 radical (unpaired) electrons. The van der Waals surface area contributed by atoms with Gasteiger partial charge in [-0.3, -0.25) is 0 Å². The van der Waals surface area contributed by atoms with Gasteiger partial charge in [0.2, 0.25) is 0 Å². The van der Waals surface area contributed by atoms with Gasteiger partial charge in [-0.1, -0.05) is 117 Å². The Morgan fingerprint density at radius 3 is 1.90 bits per heavy atom. The molecule has 0 saturated heterocycles. The quantitative estimate of drug-likeness (QED) is 0.171. The summed E-state index contributed by atoms with van der Waals surface area (Å²) in [5.74, 6) is 1.94. The molecule has 0 N–H and O–H groups in total. The molecule has 0 aliphatic heterocycles. The second-order valence-corrected chi connectivity index (χ2v) is 17.6. The molecule has 2 aliphatic rings. The molecule has 2 aliphatic carbocycles. The molecule has 0 spiro atoms. The van der Waals surface area contributed by atoms with Gasteiger partial charge in [0.25, 0.3) is 0 Å². The predicted octanol–water partition coefficient (Wildman–Crippen LogP) is 11.2. The number of hydrogen-bond donors (Lipinski definition) is 0. The molecule has 0 bridgehead atoms. The fraction of sp³-hybridized carbons (Fsp3) is 0.400. The number of hydrogen-bond acceptors (Lipinski definition) is 1. The van der Waals surface area contributed by atoms with Gasteiger partial charge in [-0.15, -0.1) is 0 Å². The van der Waals surface area contributed by atoms with Gasteiger partial charge in [0.05, 0.1) is 5.60 Å². The molecule has 3 unspecified atom stereocenters. The highest BCUT2D eigenvalue weighted by molar-refractivity contribution is 8.33. The zero-order chi connectivity index (χ0) is 29.3. The molecular formula is C40H48OS. The number of unbranched alkanes of at least 4 members (excludes halogenated alkanes) is 3. The summed E-state index contributed by atoms with van der Waals surface area (Å²) in [6.45, 7) is 9.88. The predicted molar refractivity (Wildman–Crippen MR) is 184 cm³/mol. The first-order chi connectivity index (χ1) is 20.3. The largest absolute Gasteiger partial charge is 0.376 e. The molecule has 2 heteroatoms. The van der Waals surface area contributed by atoms with E-state index < -0.39 is 10.0 Å². The summed E-state index contributed by atoms with van der Waals surface area (Å²) in [6, 6.07) is 36.8. The van der Waals surface area contributed by atoms with Crippen molar-refractivity contribution in [3.63, 3.8) is 0 Å². The Labute approximate surface area is 256 Å². The fourth-order valence-corrected chi connectivity index (χ4v) is 13.0. The maximum atomic E-state index is 6.02. The van der Waals surface area contributed by atoms with Crippen molar-refractivity contribution in [2.45, 2.75) is 75.9 Å². The van der Waals surface area contributed by atoms with Crippen molar-refractivity contribution >= 4 is 10.0 Å². The van der Waals surface area contributed by atoms with Crippen molar-refractivity contribution in [2.24, 2.45) is 5.92 Å². The first-order valence-electron chi connectivity index (χ1n) is 16.0. The molecule has 220 valence electrons. The second-order valence-electron chi connectivity index (χ2n) is 13.7. The number of ether oxygens (including phenoxy) is 1. The molecule has 3 atom stereocenters. The highest BCUT2D eigenvalue weighted by atomic mass is 32.3. The third-order valence-electron chi connectivity index (χ3n) is 9.56. The van der Waals surface area contributed by atoms with Gasteiger partial charge in [-0.2, -0.15) is 0 Å². The number of fused-ring (bicyclic) bond motifs is 4. The SMILES string of the molecule is CC1Cc2c(-c3ccccc3)cccc2C1S(C)(CCCCCCOC(C)(C)C)C1c2ccccc2-c2ccccc21. The minimum absolute atomic E-state index is 0.0451. The molecular weight excluding hydrogens is 529 g/mol. The van der Waals surface area contributed by atoms with Gasteiger partial charge < -0.3 is 4.74 Å². The van der Waals surface area contributed by atoms with E-state index in [2.05, 4.69) is 131 Å². The molecule has 0 amide bonds. The molecule has 1 nitrogen and oxygen atoms in total. The lowest BCUT2D eigenvalue weighted by Crippen LogP contribution is -2.23. The van der Waals surface area contributed by atoms with Gasteiger partial charge in [-0.25, -0.2) is 10.0 Å². The van der Waals surface area contributed by atoms with Crippen molar-refractivity contribution in [1.82, 2.24) is 0 Å². The van der Waals surface area contributed by atoms with Crippen LogP contribution < -0.4 is 0 Å². The lowest BCUT2D eigenvalue weighted by Gasteiger charge is -2.50. The van der Waals surface area contributed by atoms with Crippen LogP contribution in [0, 0.1) is 5.92 Å². The van der Waals surface area contributed by atoms with Gasteiger partial charge in [0, 0.05) is 17.1 Å². The van der Waals surface area contributed by atoms with Gasteiger partial charge in [-0.05, 0) is 102 Å². The zero-order valence-electron chi connectivity index (χ0n) is 26.2. The average Bonchev–Trinajstić information content (AvgIpc) is 3.51. The minimum atomic E-state index is -1.13. The summed E-state index contributed by atoms with van der Waals surface area (Å²) in [6.07, 6.45) is 8.88. The summed E-state index contributed by atoms with van der Waals surface area (Å²) in [4.78, 5) is 0. The van der Waals surface area contributed by atoms with E-state index in [1.165, 1.54) is 53.7 Å². The Balaban J connectivity index is 1.37. The lowest BCUT2D eigenvalue weighted by atomic mass is 9.97. The van der Waals surface area contributed by atoms with Gasteiger partial charge in [0.1, 0.15) is 0 Å². The van der Waals surface area contributed by atoms with Crippen LogP contribution in [-0.2, 0) is 11.2 Å². The van der Waals surface area contributed by atoms with Crippen LogP contribution in [0.3, 0.4) is 0 Å². The molecule has 0 aromatic heterocycles. The van der Waals surface area contributed by atoms with Crippen LogP contribution in [-0.4, -0.2) is 24.2 Å². The first-order valence-corrected chi connectivity index (χ1v) is 18.3. The maximum Gasteiger partial charge on any atom is 0.0598 e. The van der Waals surface area contributed by atoms with Crippen LogP contribution in [0.2, 0.25) is 0 Å². The van der Waals surface area contributed by atoms with E-state index in [1.54, 1.807) is 22.3 Å². The third-order valence-corrected chi connectivity index (χ3v) is 14.2. The smallest absolute Gasteiger partial charge is 0.0598 e. The maximum absolute atomic E-state index is 6.02. The van der Waals surface area contributed by atoms with E-state index in [9.17, 15) is 0 Å². The van der Waals surface area contributed by atoms with Crippen LogP contribution in [0.15, 0.2) is 97.1 Å². The van der Waals surface area contributed by atoms with Crippen LogP contribution in [0.4, 0.5) is 0 Å². The minimum Gasteiger partial charge on any atom is -0.376 e. The van der Waals surface area contributed by atoms with Crippen molar-refractivity contribution in [3.8, 4) is 22.3 Å². The summed E-state index contributed by atoms with van der Waals surface area (Å²) < 4.78 is 6.02. The molecule has 0 fully saturated rings. The molecule has 6 rings (SSSR count). The number of benzene rings is 4. The Bertz CT molecular complexity index is 1470. The van der Waals surface area contributed by atoms with E-state index in [0.29, 0.717) is 16.4 Å². The zero-order valence-corrected chi connectivity index (χ0v) is 27.1. The third kappa shape index (κ3) is 5.61. The Morgan fingerprint density at radius 1 is 0.667 bits per heavy atom. The lowest BCUT2D eigenvalue weighted by molar-refractivity contribution is -0.00470. The van der Waals surface area contributed by atoms with Gasteiger partial charge in [0.15, 0.2) is 0 Å². The van der Waals surface area contributed by atoms with Crippen LogP contribution in [0.25, 0.3) is 22.3 Å².